The van der Waals surface area contributed by atoms with Gasteiger partial charge in [0.1, 0.15) is 6.61 Å². The molecule has 96 valence electrons. The molecule has 0 unspecified atom stereocenters. The summed E-state index contributed by atoms with van der Waals surface area (Å²) in [5, 5.41) is 9.88. The minimum absolute atomic E-state index is 0.0493. The van der Waals surface area contributed by atoms with E-state index in [4.69, 9.17) is 0 Å². The first-order valence-corrected chi connectivity index (χ1v) is 5.32. The van der Waals surface area contributed by atoms with Gasteiger partial charge < -0.3 is 9.84 Å². The monoisotopic (exact) mass is 241 g/mol. The molecule has 0 aromatic rings. The van der Waals surface area contributed by atoms with Crippen LogP contribution in [0.1, 0.15) is 13.8 Å². The normalized spacial score (nSPS) is 21.2. The lowest BCUT2D eigenvalue weighted by Gasteiger charge is -2.49. The Bertz CT molecular complexity index is 225. The van der Waals surface area contributed by atoms with Gasteiger partial charge in [-0.3, -0.25) is 4.90 Å². The molecular formula is C10H18F3NO2. The topological polar surface area (TPSA) is 32.7 Å². The van der Waals surface area contributed by atoms with Crippen molar-refractivity contribution in [2.45, 2.75) is 25.6 Å². The van der Waals surface area contributed by atoms with Crippen molar-refractivity contribution in [1.82, 2.24) is 4.90 Å². The first-order chi connectivity index (χ1) is 7.23. The Morgan fingerprint density at radius 1 is 1.38 bits per heavy atom. The van der Waals surface area contributed by atoms with Crippen LogP contribution >= 0.6 is 0 Å². The van der Waals surface area contributed by atoms with Crippen molar-refractivity contribution in [3.63, 3.8) is 0 Å². The Hall–Kier alpha value is -0.330. The molecule has 0 radical (unpaired) electrons. The maximum atomic E-state index is 11.7. The fourth-order valence-corrected chi connectivity index (χ4v) is 1.63. The molecule has 0 aromatic heterocycles. The lowest BCUT2D eigenvalue weighted by molar-refractivity contribution is -0.179. The third-order valence-electron chi connectivity index (χ3n) is 2.89. The highest BCUT2D eigenvalue weighted by molar-refractivity contribution is 4.97. The SMILES string of the molecule is CC(C)C1(O)CN(CCOCC(F)(F)F)C1. The van der Waals surface area contributed by atoms with E-state index in [0.29, 0.717) is 19.6 Å². The summed E-state index contributed by atoms with van der Waals surface area (Å²) in [7, 11) is 0. The summed E-state index contributed by atoms with van der Waals surface area (Å²) in [6.45, 7) is 4.17. The summed E-state index contributed by atoms with van der Waals surface area (Å²) in [5.74, 6) is 0.167. The molecule has 0 spiro atoms. The van der Waals surface area contributed by atoms with Crippen LogP contribution in [0.15, 0.2) is 0 Å². The first kappa shape index (κ1) is 13.7. The second-order valence-corrected chi connectivity index (χ2v) is 4.64. The van der Waals surface area contributed by atoms with Gasteiger partial charge in [0.25, 0.3) is 0 Å². The van der Waals surface area contributed by atoms with E-state index in [2.05, 4.69) is 4.74 Å². The lowest BCUT2D eigenvalue weighted by atomic mass is 9.83. The van der Waals surface area contributed by atoms with E-state index in [1.54, 1.807) is 0 Å². The van der Waals surface area contributed by atoms with Crippen molar-refractivity contribution in [3.8, 4) is 0 Å². The van der Waals surface area contributed by atoms with Crippen LogP contribution in [-0.2, 0) is 4.74 Å². The van der Waals surface area contributed by atoms with Crippen LogP contribution in [-0.4, -0.2) is 54.6 Å². The molecule has 0 bridgehead atoms. The van der Waals surface area contributed by atoms with Crippen LogP contribution in [0.5, 0.6) is 0 Å². The van der Waals surface area contributed by atoms with E-state index >= 15 is 0 Å². The summed E-state index contributed by atoms with van der Waals surface area (Å²) in [5.41, 5.74) is -0.677. The quantitative estimate of drug-likeness (QED) is 0.736. The van der Waals surface area contributed by atoms with Gasteiger partial charge in [0.05, 0.1) is 12.2 Å². The van der Waals surface area contributed by atoms with Gasteiger partial charge in [0, 0.05) is 19.6 Å². The second kappa shape index (κ2) is 4.89. The zero-order chi connectivity index (χ0) is 12.4. The van der Waals surface area contributed by atoms with Crippen LogP contribution in [0, 0.1) is 5.92 Å². The molecule has 1 aliphatic heterocycles. The maximum Gasteiger partial charge on any atom is 0.411 e. The van der Waals surface area contributed by atoms with Crippen molar-refractivity contribution in [3.05, 3.63) is 0 Å². The third-order valence-corrected chi connectivity index (χ3v) is 2.89. The fraction of sp³-hybridized carbons (Fsp3) is 1.00. The van der Waals surface area contributed by atoms with Gasteiger partial charge in [-0.25, -0.2) is 0 Å². The third kappa shape index (κ3) is 3.92. The zero-order valence-corrected chi connectivity index (χ0v) is 9.55. The summed E-state index contributed by atoms with van der Waals surface area (Å²) in [6, 6.07) is 0. The average molecular weight is 241 g/mol. The predicted molar refractivity (Wildman–Crippen MR) is 53.1 cm³/mol. The predicted octanol–water partition coefficient (Wildman–Crippen LogP) is 1.27. The highest BCUT2D eigenvalue weighted by Gasteiger charge is 2.43. The van der Waals surface area contributed by atoms with Crippen LogP contribution in [0.4, 0.5) is 13.2 Å². The largest absolute Gasteiger partial charge is 0.411 e. The van der Waals surface area contributed by atoms with E-state index in [-0.39, 0.29) is 12.5 Å². The highest BCUT2D eigenvalue weighted by Crippen LogP contribution is 2.28. The number of hydrogen-bond acceptors (Lipinski definition) is 3. The van der Waals surface area contributed by atoms with Crippen molar-refractivity contribution in [2.24, 2.45) is 5.92 Å². The molecule has 1 N–H and O–H groups in total. The van der Waals surface area contributed by atoms with Crippen LogP contribution < -0.4 is 0 Å². The molecule has 0 atom stereocenters. The molecule has 1 saturated heterocycles. The first-order valence-electron chi connectivity index (χ1n) is 5.32. The number of ether oxygens (including phenoxy) is 1. The van der Waals surface area contributed by atoms with E-state index in [0.717, 1.165) is 0 Å². The number of β-amino-alcohol motifs (C(OH)–C–C–N with tert-alkyl or cyclic N) is 1. The lowest BCUT2D eigenvalue weighted by Crippen LogP contribution is -2.64. The van der Waals surface area contributed by atoms with Gasteiger partial charge in [0.15, 0.2) is 0 Å². The van der Waals surface area contributed by atoms with E-state index in [1.165, 1.54) is 0 Å². The summed E-state index contributed by atoms with van der Waals surface area (Å²) in [4.78, 5) is 1.89. The zero-order valence-electron chi connectivity index (χ0n) is 9.55. The van der Waals surface area contributed by atoms with Crippen LogP contribution in [0.2, 0.25) is 0 Å². The van der Waals surface area contributed by atoms with E-state index in [9.17, 15) is 18.3 Å². The smallest absolute Gasteiger partial charge is 0.387 e. The van der Waals surface area contributed by atoms with Gasteiger partial charge in [0.2, 0.25) is 0 Å². The molecule has 0 aliphatic carbocycles. The molecule has 1 aliphatic rings. The van der Waals surface area contributed by atoms with E-state index < -0.39 is 18.4 Å². The number of nitrogens with zero attached hydrogens (tertiary/aromatic N) is 1. The van der Waals surface area contributed by atoms with Crippen molar-refractivity contribution in [2.75, 3.05) is 32.8 Å². The Kier molecular flexibility index (Phi) is 4.20. The molecule has 0 aromatic carbocycles. The number of alkyl halides is 3. The standard InChI is InChI=1S/C10H18F3NO2/c1-8(2)9(15)5-14(6-9)3-4-16-7-10(11,12)13/h8,15H,3-7H2,1-2H3. The van der Waals surface area contributed by atoms with Gasteiger partial charge in [-0.05, 0) is 5.92 Å². The maximum absolute atomic E-state index is 11.7. The Labute approximate surface area is 93.2 Å². The average Bonchev–Trinajstić information content (AvgIpc) is 2.06. The van der Waals surface area contributed by atoms with Gasteiger partial charge in [-0.1, -0.05) is 13.8 Å². The second-order valence-electron chi connectivity index (χ2n) is 4.64. The Balaban J connectivity index is 2.06. The molecule has 16 heavy (non-hydrogen) atoms. The highest BCUT2D eigenvalue weighted by atomic mass is 19.4. The van der Waals surface area contributed by atoms with Crippen LogP contribution in [0.25, 0.3) is 0 Å². The molecule has 3 nitrogen and oxygen atoms in total. The summed E-state index contributed by atoms with van der Waals surface area (Å²) >= 11 is 0. The summed E-state index contributed by atoms with van der Waals surface area (Å²) in [6.07, 6.45) is -4.26. The number of hydrogen-bond donors (Lipinski definition) is 1. The minimum Gasteiger partial charge on any atom is -0.387 e. The Morgan fingerprint density at radius 2 is 1.94 bits per heavy atom. The molecule has 1 heterocycles. The van der Waals surface area contributed by atoms with Gasteiger partial charge in [-0.15, -0.1) is 0 Å². The number of halogens is 3. The van der Waals surface area contributed by atoms with Gasteiger partial charge >= 0.3 is 6.18 Å². The van der Waals surface area contributed by atoms with Crippen LogP contribution in [0.3, 0.4) is 0 Å². The molecule has 1 fully saturated rings. The minimum atomic E-state index is -4.26. The number of aliphatic hydroxyl groups is 1. The molecular weight excluding hydrogens is 223 g/mol. The van der Waals surface area contributed by atoms with Crippen molar-refractivity contribution >= 4 is 0 Å². The van der Waals surface area contributed by atoms with E-state index in [1.807, 2.05) is 18.7 Å². The fourth-order valence-electron chi connectivity index (χ4n) is 1.63. The summed E-state index contributed by atoms with van der Waals surface area (Å²) < 4.78 is 39.7. The Morgan fingerprint density at radius 3 is 2.38 bits per heavy atom. The molecule has 0 amide bonds. The number of rotatable bonds is 5. The molecule has 0 saturated carbocycles. The van der Waals surface area contributed by atoms with Crippen molar-refractivity contribution in [1.29, 1.82) is 0 Å². The van der Waals surface area contributed by atoms with Crippen molar-refractivity contribution < 1.29 is 23.0 Å². The molecule has 6 heteroatoms. The molecule has 1 rings (SSSR count). The van der Waals surface area contributed by atoms with Gasteiger partial charge in [-0.2, -0.15) is 13.2 Å². The number of likely N-dealkylation sites (tertiary alicyclic amines) is 1.